The van der Waals surface area contributed by atoms with Gasteiger partial charge in [-0.25, -0.2) is 0 Å². The summed E-state index contributed by atoms with van der Waals surface area (Å²) in [6.45, 7) is 1.11. The van der Waals surface area contributed by atoms with Crippen LogP contribution in [0.1, 0.15) is 28.3 Å². The summed E-state index contributed by atoms with van der Waals surface area (Å²) in [7, 11) is 0.476. The van der Waals surface area contributed by atoms with Crippen molar-refractivity contribution in [1.29, 1.82) is 0 Å². The molecule has 1 heterocycles. The van der Waals surface area contributed by atoms with Crippen molar-refractivity contribution >= 4 is 28.3 Å². The SMILES string of the molecule is COCCCNC(=O)c1ccc(C[S@](=O)Cc2cccc(Cl)c2)o1. The van der Waals surface area contributed by atoms with Gasteiger partial charge in [-0.2, -0.15) is 0 Å². The number of hydrogen-bond donors (Lipinski definition) is 1. The standard InChI is InChI=1S/C17H20ClNO4S/c1-22-9-3-8-19-17(20)16-7-6-15(23-16)12-24(21)11-13-4-2-5-14(18)10-13/h2,4-7,10H,3,8-9,11-12H2,1H3,(H,19,20)/t24-/m1/s1. The molecule has 24 heavy (non-hydrogen) atoms. The van der Waals surface area contributed by atoms with Gasteiger partial charge in [-0.05, 0) is 36.2 Å². The second kappa shape index (κ2) is 9.61. The topological polar surface area (TPSA) is 68.5 Å². The van der Waals surface area contributed by atoms with Crippen LogP contribution in [-0.4, -0.2) is 30.4 Å². The quantitative estimate of drug-likeness (QED) is 0.689. The molecule has 1 atom stereocenters. The lowest BCUT2D eigenvalue weighted by Gasteiger charge is -2.03. The third kappa shape index (κ3) is 6.11. The largest absolute Gasteiger partial charge is 0.455 e. The van der Waals surface area contributed by atoms with Gasteiger partial charge in [0.15, 0.2) is 5.76 Å². The number of rotatable bonds is 9. The van der Waals surface area contributed by atoms with Crippen LogP contribution in [0.2, 0.25) is 5.02 Å². The Morgan fingerprint density at radius 1 is 1.29 bits per heavy atom. The molecule has 0 unspecified atom stereocenters. The number of benzene rings is 1. The van der Waals surface area contributed by atoms with Crippen LogP contribution in [0, 0.1) is 0 Å². The Bertz CT molecular complexity index is 701. The zero-order valence-corrected chi connectivity index (χ0v) is 15.0. The zero-order chi connectivity index (χ0) is 17.4. The summed E-state index contributed by atoms with van der Waals surface area (Å²) in [6, 6.07) is 10.6. The molecule has 0 bridgehead atoms. The van der Waals surface area contributed by atoms with Crippen LogP contribution in [0.4, 0.5) is 0 Å². The molecule has 1 amide bonds. The van der Waals surface area contributed by atoms with Crippen LogP contribution < -0.4 is 5.32 Å². The maximum atomic E-state index is 12.2. The molecule has 0 radical (unpaired) electrons. The van der Waals surface area contributed by atoms with E-state index in [1.807, 2.05) is 12.1 Å². The van der Waals surface area contributed by atoms with Crippen molar-refractivity contribution in [2.24, 2.45) is 0 Å². The van der Waals surface area contributed by atoms with Gasteiger partial charge in [-0.15, -0.1) is 0 Å². The Hall–Kier alpha value is -1.63. The van der Waals surface area contributed by atoms with Crippen molar-refractivity contribution in [3.8, 4) is 0 Å². The lowest BCUT2D eigenvalue weighted by atomic mass is 10.2. The van der Waals surface area contributed by atoms with Gasteiger partial charge in [0.1, 0.15) is 5.76 Å². The van der Waals surface area contributed by atoms with E-state index in [1.165, 1.54) is 0 Å². The first-order valence-electron chi connectivity index (χ1n) is 7.54. The summed E-state index contributed by atoms with van der Waals surface area (Å²) in [6.07, 6.45) is 0.736. The average molecular weight is 370 g/mol. The minimum absolute atomic E-state index is 0.224. The Labute approximate surface area is 148 Å². The summed E-state index contributed by atoms with van der Waals surface area (Å²) in [5.74, 6) is 1.11. The molecule has 0 saturated carbocycles. The van der Waals surface area contributed by atoms with Gasteiger partial charge >= 0.3 is 0 Å². The highest BCUT2D eigenvalue weighted by molar-refractivity contribution is 7.83. The second-order valence-corrected chi connectivity index (χ2v) is 7.12. The average Bonchev–Trinajstić information content (AvgIpc) is 2.99. The van der Waals surface area contributed by atoms with Gasteiger partial charge in [0.25, 0.3) is 5.91 Å². The molecule has 0 aliphatic rings. The van der Waals surface area contributed by atoms with Crippen LogP contribution in [0.5, 0.6) is 0 Å². The molecule has 1 aromatic carbocycles. The first-order valence-corrected chi connectivity index (χ1v) is 9.40. The zero-order valence-electron chi connectivity index (χ0n) is 13.4. The van der Waals surface area contributed by atoms with Gasteiger partial charge in [-0.1, -0.05) is 23.7 Å². The number of carbonyl (C=O) groups is 1. The first kappa shape index (κ1) is 18.7. The van der Waals surface area contributed by atoms with Crippen molar-refractivity contribution in [1.82, 2.24) is 5.32 Å². The fraction of sp³-hybridized carbons (Fsp3) is 0.353. The molecule has 2 rings (SSSR count). The maximum absolute atomic E-state index is 12.2. The molecule has 0 saturated heterocycles. The molecule has 130 valence electrons. The Morgan fingerprint density at radius 3 is 2.88 bits per heavy atom. The number of ether oxygens (including phenoxy) is 1. The van der Waals surface area contributed by atoms with Gasteiger partial charge in [0.2, 0.25) is 0 Å². The molecule has 5 nitrogen and oxygen atoms in total. The Kier molecular flexibility index (Phi) is 7.49. The van der Waals surface area contributed by atoms with E-state index in [0.717, 1.165) is 12.0 Å². The molecular formula is C17H20ClNO4S. The van der Waals surface area contributed by atoms with E-state index in [1.54, 1.807) is 31.4 Å². The van der Waals surface area contributed by atoms with Crippen molar-refractivity contribution in [2.75, 3.05) is 20.3 Å². The van der Waals surface area contributed by atoms with E-state index in [-0.39, 0.29) is 17.4 Å². The highest BCUT2D eigenvalue weighted by Crippen LogP contribution is 2.15. The van der Waals surface area contributed by atoms with Crippen molar-refractivity contribution in [3.05, 3.63) is 58.5 Å². The number of hydrogen-bond acceptors (Lipinski definition) is 4. The first-order chi connectivity index (χ1) is 11.6. The number of nitrogens with one attached hydrogen (secondary N) is 1. The molecule has 0 fully saturated rings. The maximum Gasteiger partial charge on any atom is 0.286 e. The molecule has 0 spiro atoms. The molecular weight excluding hydrogens is 350 g/mol. The fourth-order valence-corrected chi connectivity index (χ4v) is 3.44. The van der Waals surface area contributed by atoms with E-state index in [2.05, 4.69) is 5.32 Å². The monoisotopic (exact) mass is 369 g/mol. The molecule has 0 aliphatic heterocycles. The van der Waals surface area contributed by atoms with Gasteiger partial charge in [-0.3, -0.25) is 9.00 Å². The number of carbonyl (C=O) groups excluding carboxylic acids is 1. The Morgan fingerprint density at radius 2 is 2.12 bits per heavy atom. The highest BCUT2D eigenvalue weighted by atomic mass is 35.5. The van der Waals surface area contributed by atoms with Crippen LogP contribution in [0.25, 0.3) is 0 Å². The van der Waals surface area contributed by atoms with Gasteiger partial charge in [0.05, 0.1) is 5.75 Å². The number of amides is 1. The molecule has 2 aromatic rings. The van der Waals surface area contributed by atoms with E-state index in [0.29, 0.717) is 29.7 Å². The minimum atomic E-state index is -1.14. The summed E-state index contributed by atoms with van der Waals surface area (Å²) >= 11 is 5.92. The van der Waals surface area contributed by atoms with Crippen LogP contribution in [0.3, 0.4) is 0 Å². The molecule has 7 heteroatoms. The lowest BCUT2D eigenvalue weighted by molar-refractivity contribution is 0.0919. The summed E-state index contributed by atoms with van der Waals surface area (Å²) in [4.78, 5) is 11.9. The van der Waals surface area contributed by atoms with Gasteiger partial charge < -0.3 is 14.5 Å². The minimum Gasteiger partial charge on any atom is -0.455 e. The smallest absolute Gasteiger partial charge is 0.286 e. The highest BCUT2D eigenvalue weighted by Gasteiger charge is 2.12. The molecule has 0 aliphatic carbocycles. The third-order valence-corrected chi connectivity index (χ3v) is 4.71. The summed E-state index contributed by atoms with van der Waals surface area (Å²) < 4.78 is 22.6. The van der Waals surface area contributed by atoms with E-state index < -0.39 is 10.8 Å². The fourth-order valence-electron chi connectivity index (χ4n) is 2.11. The van der Waals surface area contributed by atoms with Crippen molar-refractivity contribution in [3.63, 3.8) is 0 Å². The molecule has 1 N–H and O–H groups in total. The third-order valence-electron chi connectivity index (χ3n) is 3.22. The molecule has 1 aromatic heterocycles. The van der Waals surface area contributed by atoms with Gasteiger partial charge in [0, 0.05) is 41.8 Å². The summed E-state index contributed by atoms with van der Waals surface area (Å²) in [5.41, 5.74) is 0.906. The second-order valence-electron chi connectivity index (χ2n) is 5.23. The number of furan rings is 1. The van der Waals surface area contributed by atoms with E-state index >= 15 is 0 Å². The van der Waals surface area contributed by atoms with Crippen molar-refractivity contribution in [2.45, 2.75) is 17.9 Å². The van der Waals surface area contributed by atoms with Crippen LogP contribution in [-0.2, 0) is 27.0 Å². The normalized spacial score (nSPS) is 12.1. The summed E-state index contributed by atoms with van der Waals surface area (Å²) in [5, 5.41) is 3.36. The predicted octanol–water partition coefficient (Wildman–Crippen LogP) is 3.15. The lowest BCUT2D eigenvalue weighted by Crippen LogP contribution is -2.24. The Balaban J connectivity index is 1.84. The van der Waals surface area contributed by atoms with Crippen LogP contribution in [0.15, 0.2) is 40.8 Å². The van der Waals surface area contributed by atoms with Crippen LogP contribution >= 0.6 is 11.6 Å². The van der Waals surface area contributed by atoms with E-state index in [4.69, 9.17) is 20.8 Å². The van der Waals surface area contributed by atoms with E-state index in [9.17, 15) is 9.00 Å². The van der Waals surface area contributed by atoms with Crippen molar-refractivity contribution < 1.29 is 18.2 Å². The predicted molar refractivity (Wildman–Crippen MR) is 94.5 cm³/mol. The number of methoxy groups -OCH3 is 1. The number of halogens is 1.